The molecule has 1 aliphatic carbocycles. The smallest absolute Gasteiger partial charge is 0.407 e. The summed E-state index contributed by atoms with van der Waals surface area (Å²) in [6.07, 6.45) is 11.9. The number of ether oxygens (including phenoxy) is 1. The third kappa shape index (κ3) is 7.48. The molecule has 3 rings (SSSR count). The van der Waals surface area contributed by atoms with Gasteiger partial charge in [0.1, 0.15) is 11.1 Å². The van der Waals surface area contributed by atoms with Crippen LogP contribution in [0.4, 0.5) is 9.80 Å². The Morgan fingerprint density at radius 3 is 2.97 bits per heavy atom. The average Bonchev–Trinajstić information content (AvgIpc) is 3.21. The number of aromatic nitrogens is 1. The van der Waals surface area contributed by atoms with Crippen LogP contribution in [-0.2, 0) is 28.8 Å². The number of thiophene rings is 1. The molecule has 0 spiro atoms. The Balaban J connectivity index is 1.52. The number of aliphatic imine (C=N–C) groups is 1. The summed E-state index contributed by atoms with van der Waals surface area (Å²) in [6, 6.07) is 6.05. The molecule has 1 atom stereocenters. The molecule has 1 aliphatic rings. The summed E-state index contributed by atoms with van der Waals surface area (Å²) >= 11 is 1.40. The van der Waals surface area contributed by atoms with Gasteiger partial charge in [0, 0.05) is 36.1 Å². The van der Waals surface area contributed by atoms with E-state index in [0.29, 0.717) is 48.6 Å². The number of nitriles is 1. The molecule has 180 valence electrons. The quantitative estimate of drug-likeness (QED) is 0.292. The number of hydrogen-bond acceptors (Lipinski definition) is 7. The molecule has 1 unspecified atom stereocenters. The molecule has 2 heterocycles. The number of rotatable bonds is 10. The fraction of sp³-hybridized carbons (Fsp3) is 0.269. The molecule has 9 heteroatoms. The second-order valence-electron chi connectivity index (χ2n) is 7.90. The van der Waals surface area contributed by atoms with Crippen molar-refractivity contribution in [1.82, 2.24) is 10.3 Å². The van der Waals surface area contributed by atoms with Gasteiger partial charge in [-0.1, -0.05) is 18.7 Å². The minimum Gasteiger partial charge on any atom is -0.449 e. The molecule has 2 aromatic rings. The maximum absolute atomic E-state index is 12.4. The molecule has 0 aliphatic heterocycles. The number of nitrogens with zero attached hydrogens (tertiary/aromatic N) is 3. The van der Waals surface area contributed by atoms with Gasteiger partial charge < -0.3 is 15.4 Å². The van der Waals surface area contributed by atoms with Crippen molar-refractivity contribution in [2.24, 2.45) is 10.9 Å². The molecule has 0 bridgehead atoms. The summed E-state index contributed by atoms with van der Waals surface area (Å²) in [5.41, 5.74) is 3.16. The zero-order valence-electron chi connectivity index (χ0n) is 19.3. The third-order valence-corrected chi connectivity index (χ3v) is 6.64. The van der Waals surface area contributed by atoms with Crippen molar-refractivity contribution in [2.45, 2.75) is 25.7 Å². The number of carbonyl (C=O) groups is 2. The number of pyridine rings is 1. The molecular weight excluding hydrogens is 462 g/mol. The lowest BCUT2D eigenvalue weighted by molar-refractivity contribution is -0.111. The zero-order chi connectivity index (χ0) is 25.0. The molecule has 0 saturated carbocycles. The predicted molar refractivity (Wildman–Crippen MR) is 137 cm³/mol. The van der Waals surface area contributed by atoms with E-state index < -0.39 is 6.09 Å². The van der Waals surface area contributed by atoms with E-state index in [4.69, 9.17) is 4.74 Å². The van der Waals surface area contributed by atoms with E-state index in [0.717, 1.165) is 22.4 Å². The van der Waals surface area contributed by atoms with Crippen molar-refractivity contribution in [3.63, 3.8) is 0 Å². The minimum absolute atomic E-state index is 0.159. The summed E-state index contributed by atoms with van der Waals surface area (Å²) in [4.78, 5) is 33.2. The van der Waals surface area contributed by atoms with Crippen LogP contribution in [0.15, 0.2) is 66.1 Å². The maximum atomic E-state index is 12.4. The summed E-state index contributed by atoms with van der Waals surface area (Å²) in [7, 11) is 0. The highest BCUT2D eigenvalue weighted by atomic mass is 32.1. The SMILES string of the molecule is C=CC(/C=C/C(=O)Nc1sc2c(c1C#N)CCC(COC(=O)NCCc1cccnc1)C2)=C\N=C. The summed E-state index contributed by atoms with van der Waals surface area (Å²) < 4.78 is 5.42. The Labute approximate surface area is 208 Å². The van der Waals surface area contributed by atoms with Gasteiger partial charge in [0.15, 0.2) is 0 Å². The lowest BCUT2D eigenvalue weighted by Gasteiger charge is -2.21. The first-order chi connectivity index (χ1) is 17.0. The highest BCUT2D eigenvalue weighted by molar-refractivity contribution is 7.16. The molecule has 0 fully saturated rings. The average molecular weight is 490 g/mol. The maximum Gasteiger partial charge on any atom is 0.407 e. The van der Waals surface area contributed by atoms with Crippen molar-refractivity contribution >= 4 is 35.1 Å². The summed E-state index contributed by atoms with van der Waals surface area (Å²) in [5.74, 6) is -0.188. The minimum atomic E-state index is -0.442. The second kappa shape index (κ2) is 13.0. The molecule has 35 heavy (non-hydrogen) atoms. The number of fused-ring (bicyclic) bond motifs is 1. The van der Waals surface area contributed by atoms with Crippen LogP contribution in [0.1, 0.15) is 28.0 Å². The predicted octanol–water partition coefficient (Wildman–Crippen LogP) is 4.35. The first kappa shape index (κ1) is 25.6. The van der Waals surface area contributed by atoms with E-state index in [2.05, 4.69) is 40.0 Å². The van der Waals surface area contributed by atoms with Gasteiger partial charge in [-0.25, -0.2) is 4.79 Å². The van der Waals surface area contributed by atoms with Crippen molar-refractivity contribution < 1.29 is 14.3 Å². The van der Waals surface area contributed by atoms with Crippen LogP contribution in [0, 0.1) is 17.2 Å². The van der Waals surface area contributed by atoms with E-state index in [1.165, 1.54) is 23.6 Å². The highest BCUT2D eigenvalue weighted by Crippen LogP contribution is 2.39. The molecular formula is C26H27N5O3S. The van der Waals surface area contributed by atoms with Gasteiger partial charge in [-0.2, -0.15) is 5.26 Å². The lowest BCUT2D eigenvalue weighted by Crippen LogP contribution is -2.29. The van der Waals surface area contributed by atoms with Gasteiger partial charge >= 0.3 is 6.09 Å². The first-order valence-corrected chi connectivity index (χ1v) is 12.0. The van der Waals surface area contributed by atoms with Gasteiger partial charge in [-0.05, 0) is 67.2 Å². The van der Waals surface area contributed by atoms with Crippen LogP contribution in [0.3, 0.4) is 0 Å². The number of carbonyl (C=O) groups excluding carboxylic acids is 2. The van der Waals surface area contributed by atoms with E-state index in [-0.39, 0.29) is 11.8 Å². The molecule has 2 aromatic heterocycles. The number of nitrogens with one attached hydrogen (secondary N) is 2. The van der Waals surface area contributed by atoms with E-state index in [1.807, 2.05) is 12.1 Å². The highest BCUT2D eigenvalue weighted by Gasteiger charge is 2.27. The number of anilines is 1. The Kier molecular flexibility index (Phi) is 9.51. The number of hydrogen-bond donors (Lipinski definition) is 2. The normalized spacial score (nSPS) is 15.1. The fourth-order valence-electron chi connectivity index (χ4n) is 3.70. The number of amides is 2. The van der Waals surface area contributed by atoms with Crippen molar-refractivity contribution in [2.75, 3.05) is 18.5 Å². The molecule has 2 amide bonds. The van der Waals surface area contributed by atoms with E-state index >= 15 is 0 Å². The standard InChI is InChI=1S/C26H27N5O3S/c1-3-18(15-28-2)7-9-24(32)31-25-22(14-27)21-8-6-20(13-23(21)35-25)17-34-26(33)30-12-10-19-5-4-11-29-16-19/h3-5,7,9,11,15-16,20H,1-2,6,8,10,12-13,17H2,(H,30,33)(H,31,32)/b9-7+,18-15+. The van der Waals surface area contributed by atoms with Crippen LogP contribution < -0.4 is 10.6 Å². The molecule has 0 saturated heterocycles. The van der Waals surface area contributed by atoms with Crippen LogP contribution in [0.5, 0.6) is 0 Å². The van der Waals surface area contributed by atoms with E-state index in [9.17, 15) is 14.9 Å². The Hall–Kier alpha value is -4.03. The van der Waals surface area contributed by atoms with Gasteiger partial charge in [0.25, 0.3) is 0 Å². The zero-order valence-corrected chi connectivity index (χ0v) is 20.1. The van der Waals surface area contributed by atoms with Gasteiger partial charge in [0.05, 0.1) is 12.2 Å². The van der Waals surface area contributed by atoms with Crippen molar-refractivity contribution in [3.05, 3.63) is 82.7 Å². The monoisotopic (exact) mass is 489 g/mol. The Bertz CT molecular complexity index is 1180. The lowest BCUT2D eigenvalue weighted by atomic mass is 9.88. The van der Waals surface area contributed by atoms with Crippen molar-refractivity contribution in [3.8, 4) is 6.07 Å². The van der Waals surface area contributed by atoms with Crippen LogP contribution in [0.2, 0.25) is 0 Å². The molecule has 0 aromatic carbocycles. The molecule has 2 N–H and O–H groups in total. The third-order valence-electron chi connectivity index (χ3n) is 5.48. The molecule has 0 radical (unpaired) electrons. The van der Waals surface area contributed by atoms with Crippen LogP contribution in [0.25, 0.3) is 0 Å². The van der Waals surface area contributed by atoms with Gasteiger partial charge in [0.2, 0.25) is 5.91 Å². The van der Waals surface area contributed by atoms with Crippen molar-refractivity contribution in [1.29, 1.82) is 5.26 Å². The first-order valence-electron chi connectivity index (χ1n) is 11.2. The van der Waals surface area contributed by atoms with Crippen LogP contribution in [-0.4, -0.2) is 36.9 Å². The number of alkyl carbamates (subject to hydrolysis) is 1. The van der Waals surface area contributed by atoms with Gasteiger partial charge in [-0.3, -0.25) is 14.8 Å². The topological polar surface area (TPSA) is 116 Å². The van der Waals surface area contributed by atoms with Gasteiger partial charge in [-0.15, -0.1) is 11.3 Å². The van der Waals surface area contributed by atoms with E-state index in [1.54, 1.807) is 24.5 Å². The number of allylic oxidation sites excluding steroid dienone is 3. The largest absolute Gasteiger partial charge is 0.449 e. The Morgan fingerprint density at radius 2 is 2.26 bits per heavy atom. The van der Waals surface area contributed by atoms with Crippen LogP contribution >= 0.6 is 11.3 Å². The summed E-state index contributed by atoms with van der Waals surface area (Å²) in [5, 5.41) is 15.8. The molecule has 8 nitrogen and oxygen atoms in total. The summed E-state index contributed by atoms with van der Waals surface area (Å²) in [6.45, 7) is 7.81. The second-order valence-corrected chi connectivity index (χ2v) is 9.01. The Morgan fingerprint density at radius 1 is 1.40 bits per heavy atom. The fourth-order valence-corrected chi connectivity index (χ4v) is 5.01.